The molecule has 0 spiro atoms. The lowest BCUT2D eigenvalue weighted by atomic mass is 9.92. The number of ether oxygens (including phenoxy) is 2. The lowest BCUT2D eigenvalue weighted by molar-refractivity contribution is -0.00873. The Hall–Kier alpha value is -1.50. The van der Waals surface area contributed by atoms with Gasteiger partial charge in [0.05, 0.1) is 13.2 Å². The average molecular weight is 384 g/mol. The van der Waals surface area contributed by atoms with Gasteiger partial charge in [-0.05, 0) is 31.7 Å². The SMILES string of the molecule is CC(C)(CN=[N+]=[N-])COCC(C)(C)CN1CCN(C(=O)OC(C)(C)C)CC1. The number of hydrogen-bond donors (Lipinski definition) is 0. The highest BCUT2D eigenvalue weighted by molar-refractivity contribution is 5.68. The summed E-state index contributed by atoms with van der Waals surface area (Å²) in [6.07, 6.45) is -0.230. The summed E-state index contributed by atoms with van der Waals surface area (Å²) in [6, 6.07) is 0. The summed E-state index contributed by atoms with van der Waals surface area (Å²) in [4.78, 5) is 19.1. The molecule has 0 atom stereocenters. The molecule has 1 aliphatic rings. The Bertz CT molecular complexity index is 528. The van der Waals surface area contributed by atoms with Crippen molar-refractivity contribution in [3.8, 4) is 0 Å². The van der Waals surface area contributed by atoms with E-state index in [0.29, 0.717) is 32.8 Å². The van der Waals surface area contributed by atoms with Crippen LogP contribution in [0, 0.1) is 10.8 Å². The molecule has 0 radical (unpaired) electrons. The van der Waals surface area contributed by atoms with Crippen LogP contribution in [0.5, 0.6) is 0 Å². The van der Waals surface area contributed by atoms with E-state index in [1.165, 1.54) is 0 Å². The van der Waals surface area contributed by atoms with Gasteiger partial charge in [0.2, 0.25) is 0 Å². The zero-order valence-electron chi connectivity index (χ0n) is 18.1. The predicted octanol–water partition coefficient (Wildman–Crippen LogP) is 3.92. The van der Waals surface area contributed by atoms with Crippen LogP contribution in [0.2, 0.25) is 0 Å². The molecule has 1 amide bonds. The average Bonchev–Trinajstić information content (AvgIpc) is 2.51. The van der Waals surface area contributed by atoms with E-state index in [2.05, 4.69) is 28.8 Å². The second-order valence-electron chi connectivity index (χ2n) is 9.95. The molecule has 1 fully saturated rings. The molecule has 1 heterocycles. The van der Waals surface area contributed by atoms with Crippen molar-refractivity contribution in [1.82, 2.24) is 9.80 Å². The van der Waals surface area contributed by atoms with Gasteiger partial charge < -0.3 is 14.4 Å². The van der Waals surface area contributed by atoms with Crippen LogP contribution in [0.3, 0.4) is 0 Å². The first-order chi connectivity index (χ1) is 12.3. The van der Waals surface area contributed by atoms with Crippen LogP contribution < -0.4 is 0 Å². The maximum Gasteiger partial charge on any atom is 0.410 e. The van der Waals surface area contributed by atoms with Crippen LogP contribution in [-0.2, 0) is 9.47 Å². The molecule has 1 aliphatic heterocycles. The van der Waals surface area contributed by atoms with E-state index in [4.69, 9.17) is 15.0 Å². The van der Waals surface area contributed by atoms with Gasteiger partial charge in [0.1, 0.15) is 5.60 Å². The van der Waals surface area contributed by atoms with E-state index in [-0.39, 0.29) is 16.9 Å². The van der Waals surface area contributed by atoms with Crippen LogP contribution in [-0.4, -0.2) is 74.0 Å². The number of azide groups is 1. The number of carbonyl (C=O) groups is 1. The van der Waals surface area contributed by atoms with Gasteiger partial charge in [0.25, 0.3) is 0 Å². The van der Waals surface area contributed by atoms with E-state index in [1.807, 2.05) is 34.6 Å². The lowest BCUT2D eigenvalue weighted by Gasteiger charge is -2.39. The van der Waals surface area contributed by atoms with Crippen molar-refractivity contribution in [2.75, 3.05) is 52.5 Å². The van der Waals surface area contributed by atoms with Crippen LogP contribution >= 0.6 is 0 Å². The van der Waals surface area contributed by atoms with Gasteiger partial charge in [0.15, 0.2) is 0 Å². The Balaban J connectivity index is 2.37. The number of amides is 1. The van der Waals surface area contributed by atoms with Gasteiger partial charge in [-0.15, -0.1) is 0 Å². The largest absolute Gasteiger partial charge is 0.444 e. The van der Waals surface area contributed by atoms with E-state index in [0.717, 1.165) is 19.6 Å². The Morgan fingerprint density at radius 3 is 2.07 bits per heavy atom. The number of nitrogens with zero attached hydrogens (tertiary/aromatic N) is 5. The first-order valence-electron chi connectivity index (χ1n) is 9.62. The number of hydrogen-bond acceptors (Lipinski definition) is 5. The van der Waals surface area contributed by atoms with Gasteiger partial charge in [-0.2, -0.15) is 0 Å². The Morgan fingerprint density at radius 1 is 1.00 bits per heavy atom. The first kappa shape index (κ1) is 23.5. The van der Waals surface area contributed by atoms with Gasteiger partial charge in [-0.25, -0.2) is 4.79 Å². The van der Waals surface area contributed by atoms with Crippen molar-refractivity contribution >= 4 is 6.09 Å². The summed E-state index contributed by atoms with van der Waals surface area (Å²) < 4.78 is 11.4. The molecule has 27 heavy (non-hydrogen) atoms. The second-order valence-corrected chi connectivity index (χ2v) is 9.95. The third-order valence-corrected chi connectivity index (χ3v) is 4.22. The van der Waals surface area contributed by atoms with Crippen LogP contribution in [0.4, 0.5) is 4.79 Å². The molecule has 0 aromatic rings. The summed E-state index contributed by atoms with van der Waals surface area (Å²) in [7, 11) is 0. The molecular formula is C19H37N5O3. The highest BCUT2D eigenvalue weighted by atomic mass is 16.6. The monoisotopic (exact) mass is 383 g/mol. The number of carbonyl (C=O) groups excluding carboxylic acids is 1. The van der Waals surface area contributed by atoms with Crippen LogP contribution in [0.1, 0.15) is 48.5 Å². The first-order valence-corrected chi connectivity index (χ1v) is 9.62. The Morgan fingerprint density at radius 2 is 1.56 bits per heavy atom. The highest BCUT2D eigenvalue weighted by Gasteiger charge is 2.29. The molecule has 1 rings (SSSR count). The standard InChI is InChI=1S/C19H37N5O3/c1-17(2,3)27-16(25)24-10-8-23(9-11-24)13-19(6,7)15-26-14-18(4,5)12-21-22-20/h8-15H2,1-7H3. The molecule has 0 bridgehead atoms. The van der Waals surface area contributed by atoms with E-state index >= 15 is 0 Å². The summed E-state index contributed by atoms with van der Waals surface area (Å²) >= 11 is 0. The van der Waals surface area contributed by atoms with Crippen molar-refractivity contribution in [3.63, 3.8) is 0 Å². The maximum absolute atomic E-state index is 12.2. The lowest BCUT2D eigenvalue weighted by Crippen LogP contribution is -2.52. The number of rotatable bonds is 8. The van der Waals surface area contributed by atoms with E-state index in [1.54, 1.807) is 4.90 Å². The fourth-order valence-electron chi connectivity index (χ4n) is 2.94. The molecule has 8 heteroatoms. The summed E-state index contributed by atoms with van der Waals surface area (Å²) in [5.41, 5.74) is 7.83. The Kier molecular flexibility index (Phi) is 8.39. The molecule has 1 saturated heterocycles. The van der Waals surface area contributed by atoms with Crippen molar-refractivity contribution in [1.29, 1.82) is 0 Å². The molecule has 0 saturated carbocycles. The molecule has 0 aliphatic carbocycles. The minimum Gasteiger partial charge on any atom is -0.444 e. The topological polar surface area (TPSA) is 90.8 Å². The summed E-state index contributed by atoms with van der Waals surface area (Å²) in [5.74, 6) is 0. The van der Waals surface area contributed by atoms with Gasteiger partial charge in [0, 0.05) is 49.6 Å². The fourth-order valence-corrected chi connectivity index (χ4v) is 2.94. The molecule has 8 nitrogen and oxygen atoms in total. The van der Waals surface area contributed by atoms with Crippen molar-refractivity contribution in [2.45, 2.75) is 54.1 Å². The van der Waals surface area contributed by atoms with E-state index in [9.17, 15) is 4.79 Å². The van der Waals surface area contributed by atoms with Gasteiger partial charge >= 0.3 is 6.09 Å². The van der Waals surface area contributed by atoms with Gasteiger partial charge in [-0.1, -0.05) is 32.8 Å². The maximum atomic E-state index is 12.2. The second kappa shape index (κ2) is 9.62. The minimum absolute atomic E-state index is 0.00264. The molecule has 156 valence electrons. The van der Waals surface area contributed by atoms with Gasteiger partial charge in [-0.3, -0.25) is 4.90 Å². The molecule has 0 aromatic heterocycles. The number of piperazine rings is 1. The zero-order chi connectivity index (χ0) is 20.7. The van der Waals surface area contributed by atoms with Crippen molar-refractivity contribution < 1.29 is 14.3 Å². The van der Waals surface area contributed by atoms with Crippen LogP contribution in [0.25, 0.3) is 10.4 Å². The summed E-state index contributed by atoms with van der Waals surface area (Å²) in [5, 5.41) is 3.65. The van der Waals surface area contributed by atoms with Crippen molar-refractivity contribution in [2.24, 2.45) is 15.9 Å². The highest BCUT2D eigenvalue weighted by Crippen LogP contribution is 2.22. The molecule has 0 aromatic carbocycles. The predicted molar refractivity (Wildman–Crippen MR) is 107 cm³/mol. The van der Waals surface area contributed by atoms with Crippen LogP contribution in [0.15, 0.2) is 5.11 Å². The minimum atomic E-state index is -0.458. The smallest absolute Gasteiger partial charge is 0.410 e. The summed E-state index contributed by atoms with van der Waals surface area (Å²) in [6.45, 7) is 19.7. The normalized spacial score (nSPS) is 16.8. The molecule has 0 unspecified atom stereocenters. The van der Waals surface area contributed by atoms with Crippen molar-refractivity contribution in [3.05, 3.63) is 10.4 Å². The third kappa shape index (κ3) is 9.84. The van der Waals surface area contributed by atoms with E-state index < -0.39 is 5.60 Å². The quantitative estimate of drug-likeness (QED) is 0.361. The molecule has 0 N–H and O–H groups in total. The fraction of sp³-hybridized carbons (Fsp3) is 0.947. The molecular weight excluding hydrogens is 346 g/mol. The third-order valence-electron chi connectivity index (χ3n) is 4.22. The Labute approximate surface area is 163 Å². The zero-order valence-corrected chi connectivity index (χ0v) is 18.1.